The zero-order valence-corrected chi connectivity index (χ0v) is 52.5. The lowest BCUT2D eigenvalue weighted by Crippen LogP contribution is -2.60. The first-order valence-corrected chi connectivity index (χ1v) is 31.8. The molecule has 0 fully saturated rings. The van der Waals surface area contributed by atoms with Gasteiger partial charge in [-0.15, -0.1) is 22.7 Å². The Balaban J connectivity index is 1.07. The molecule has 7 heteroatoms. The number of para-hydroxylation sites is 1. The van der Waals surface area contributed by atoms with Crippen LogP contribution in [0, 0.1) is 0 Å². The van der Waals surface area contributed by atoms with Gasteiger partial charge in [0.25, 0.3) is 6.71 Å². The van der Waals surface area contributed by atoms with Gasteiger partial charge in [-0.05, 0) is 151 Å². The van der Waals surface area contributed by atoms with Crippen LogP contribution in [0.3, 0.4) is 0 Å². The van der Waals surface area contributed by atoms with Gasteiger partial charge in [-0.3, -0.25) is 0 Å². The second-order valence-corrected chi connectivity index (χ2v) is 30.0. The molecule has 0 radical (unpaired) electrons. The maximum Gasteiger partial charge on any atom is 0.252 e. The molecular formula is C78H71BN4S2. The molecule has 418 valence electrons. The monoisotopic (exact) mass is 1140 g/mol. The third kappa shape index (κ3) is 8.58. The van der Waals surface area contributed by atoms with Gasteiger partial charge < -0.3 is 19.3 Å². The van der Waals surface area contributed by atoms with Crippen LogP contribution in [0.2, 0.25) is 0 Å². The van der Waals surface area contributed by atoms with Crippen LogP contribution in [0.1, 0.15) is 105 Å². The van der Waals surface area contributed by atoms with Crippen molar-refractivity contribution in [2.24, 2.45) is 0 Å². The summed E-state index contributed by atoms with van der Waals surface area (Å²) >= 11 is 3.82. The Morgan fingerprint density at radius 1 is 0.318 bits per heavy atom. The van der Waals surface area contributed by atoms with Gasteiger partial charge in [0.05, 0.1) is 31.8 Å². The van der Waals surface area contributed by atoms with Gasteiger partial charge in [0.2, 0.25) is 0 Å². The molecule has 0 saturated heterocycles. The maximum absolute atomic E-state index is 2.67. The lowest BCUT2D eigenvalue weighted by molar-refractivity contribution is 0.590. The third-order valence-electron chi connectivity index (χ3n) is 18.2. The highest BCUT2D eigenvalue weighted by molar-refractivity contribution is 7.27. The van der Waals surface area contributed by atoms with Crippen molar-refractivity contribution in [3.63, 3.8) is 0 Å². The predicted octanol–water partition coefficient (Wildman–Crippen LogP) is 21.1. The van der Waals surface area contributed by atoms with E-state index in [0.717, 1.165) is 34.1 Å². The first kappa shape index (κ1) is 53.4. The van der Waals surface area contributed by atoms with E-state index in [-0.39, 0.29) is 28.4 Å². The summed E-state index contributed by atoms with van der Waals surface area (Å²) in [5, 5.41) is 5.14. The van der Waals surface area contributed by atoms with Crippen molar-refractivity contribution in [2.75, 3.05) is 14.7 Å². The van der Waals surface area contributed by atoms with Crippen LogP contribution in [0.15, 0.2) is 212 Å². The van der Waals surface area contributed by atoms with Crippen molar-refractivity contribution < 1.29 is 0 Å². The minimum absolute atomic E-state index is 0.00766. The summed E-state index contributed by atoms with van der Waals surface area (Å²) in [6.07, 6.45) is 0. The number of thiophene rings is 2. The Morgan fingerprint density at radius 2 is 0.741 bits per heavy atom. The van der Waals surface area contributed by atoms with Gasteiger partial charge in [0, 0.05) is 76.4 Å². The Labute approximate surface area is 509 Å². The SMILES string of the molecule is CC(C)(C)c1ccc(N(c2ccc(C(C)(C)C)cc2)c2ccc3c(c2)N(c2cccc4c2sc2ccccc24)c2cc(N(c4ccc(C(C)(C)C)cc4)c4ccc(C(C)(C)C)cc4)cc4c2B3c2cccc3c5sc6ccccc6c5n-4c23)cc1. The van der Waals surface area contributed by atoms with Gasteiger partial charge in [-0.1, -0.05) is 204 Å². The van der Waals surface area contributed by atoms with E-state index in [1.165, 1.54) is 113 Å². The second-order valence-electron chi connectivity index (χ2n) is 27.9. The first-order valence-electron chi connectivity index (χ1n) is 30.2. The van der Waals surface area contributed by atoms with Crippen LogP contribution in [0.5, 0.6) is 0 Å². The van der Waals surface area contributed by atoms with Crippen molar-refractivity contribution in [1.82, 2.24) is 4.57 Å². The number of nitrogens with zero attached hydrogens (tertiary/aromatic N) is 4. The van der Waals surface area contributed by atoms with Crippen molar-refractivity contribution in [2.45, 2.75) is 105 Å². The fraction of sp³-hybridized carbons (Fsp3) is 0.205. The average Bonchev–Trinajstić information content (AvgIpc) is 1.73. The summed E-state index contributed by atoms with van der Waals surface area (Å²) in [5.41, 5.74) is 23.1. The van der Waals surface area contributed by atoms with E-state index in [2.05, 4.69) is 315 Å². The molecule has 13 aromatic rings. The van der Waals surface area contributed by atoms with Crippen molar-refractivity contribution in [3.05, 3.63) is 235 Å². The molecule has 2 aliphatic heterocycles. The third-order valence-corrected chi connectivity index (χ3v) is 20.6. The average molecular weight is 1140 g/mol. The summed E-state index contributed by atoms with van der Waals surface area (Å²) in [6.45, 7) is 27.5. The van der Waals surface area contributed by atoms with Gasteiger partial charge >= 0.3 is 0 Å². The van der Waals surface area contributed by atoms with Gasteiger partial charge in [-0.25, -0.2) is 0 Å². The molecule has 85 heavy (non-hydrogen) atoms. The van der Waals surface area contributed by atoms with E-state index in [0.29, 0.717) is 0 Å². The Bertz CT molecular complexity index is 4690. The van der Waals surface area contributed by atoms with Crippen LogP contribution < -0.4 is 31.1 Å². The highest BCUT2D eigenvalue weighted by atomic mass is 32.1. The molecule has 4 nitrogen and oxygen atoms in total. The molecular weight excluding hydrogens is 1070 g/mol. The Hall–Kier alpha value is -8.36. The van der Waals surface area contributed by atoms with Crippen molar-refractivity contribution >= 4 is 148 Å². The quantitative estimate of drug-likeness (QED) is 0.148. The largest absolute Gasteiger partial charge is 0.310 e. The van der Waals surface area contributed by atoms with Gasteiger partial charge in [-0.2, -0.15) is 0 Å². The summed E-state index contributed by atoms with van der Waals surface area (Å²) < 4.78 is 7.85. The molecule has 10 aromatic carbocycles. The molecule has 0 bridgehead atoms. The van der Waals surface area contributed by atoms with Crippen LogP contribution >= 0.6 is 22.7 Å². The van der Waals surface area contributed by atoms with Crippen molar-refractivity contribution in [3.8, 4) is 5.69 Å². The number of anilines is 9. The highest BCUT2D eigenvalue weighted by Gasteiger charge is 2.44. The first-order chi connectivity index (χ1) is 40.7. The smallest absolute Gasteiger partial charge is 0.252 e. The molecule has 0 unspecified atom stereocenters. The zero-order chi connectivity index (χ0) is 58.6. The fourth-order valence-corrected chi connectivity index (χ4v) is 16.1. The zero-order valence-electron chi connectivity index (χ0n) is 50.9. The molecule has 0 spiro atoms. The summed E-state index contributed by atoms with van der Waals surface area (Å²) in [7, 11) is 0. The predicted molar refractivity (Wildman–Crippen MR) is 373 cm³/mol. The minimum atomic E-state index is -0.0800. The normalized spacial score (nSPS) is 13.4. The molecule has 2 aliphatic rings. The van der Waals surface area contributed by atoms with Crippen LogP contribution in [-0.4, -0.2) is 11.3 Å². The number of hydrogen-bond acceptors (Lipinski definition) is 5. The van der Waals surface area contributed by atoms with E-state index >= 15 is 0 Å². The standard InChI is InChI=1S/C78H71BN4S2/c1-75(2,3)48-27-35-52(36-28-48)80(53-37-29-49(30-38-53)76(4,5)6)56-43-44-62-65(45-56)82(64-24-18-21-59-58-19-13-15-25-68(58)84-73(59)64)66-46-57(81(54-39-31-50(32-40-54)77(7,8)9)55-41-33-51(34-42-55)78(10,11)12)47-67-70(66)79(62)63-23-17-22-61-71(63)83(67)72-60-20-14-16-26-69(60)85-74(61)72/h13-47H,1-12H3. The molecule has 0 amide bonds. The Kier molecular flexibility index (Phi) is 12.0. The van der Waals surface area contributed by atoms with Crippen molar-refractivity contribution in [1.29, 1.82) is 0 Å². The molecule has 0 atom stereocenters. The molecule has 0 aliphatic carbocycles. The van der Waals surface area contributed by atoms with Gasteiger partial charge in [0.1, 0.15) is 0 Å². The number of hydrogen-bond donors (Lipinski definition) is 0. The second kappa shape index (κ2) is 19.1. The molecule has 5 heterocycles. The summed E-state index contributed by atoms with van der Waals surface area (Å²) in [4.78, 5) is 7.66. The van der Waals surface area contributed by atoms with Crippen LogP contribution in [0.4, 0.5) is 51.2 Å². The van der Waals surface area contributed by atoms with E-state index in [1.807, 2.05) is 22.7 Å². The summed E-state index contributed by atoms with van der Waals surface area (Å²) in [5.74, 6) is 0. The number of benzene rings is 10. The molecule has 0 saturated carbocycles. The number of fused-ring (bicyclic) bond motifs is 12. The van der Waals surface area contributed by atoms with Crippen LogP contribution in [0.25, 0.3) is 57.1 Å². The Morgan fingerprint density at radius 3 is 1.28 bits per heavy atom. The molecule has 3 aromatic heterocycles. The number of aromatic nitrogens is 1. The van der Waals surface area contributed by atoms with E-state index in [9.17, 15) is 0 Å². The minimum Gasteiger partial charge on any atom is -0.310 e. The number of rotatable bonds is 7. The van der Waals surface area contributed by atoms with E-state index in [1.54, 1.807) is 0 Å². The van der Waals surface area contributed by atoms with Gasteiger partial charge in [0.15, 0.2) is 0 Å². The van der Waals surface area contributed by atoms with E-state index in [4.69, 9.17) is 0 Å². The van der Waals surface area contributed by atoms with Crippen LogP contribution in [-0.2, 0) is 21.7 Å². The fourth-order valence-electron chi connectivity index (χ4n) is 13.6. The topological polar surface area (TPSA) is 14.7 Å². The van der Waals surface area contributed by atoms with E-state index < -0.39 is 0 Å². The maximum atomic E-state index is 2.67. The molecule has 15 rings (SSSR count). The highest BCUT2D eigenvalue weighted by Crippen LogP contribution is 2.52. The lowest BCUT2D eigenvalue weighted by atomic mass is 9.34. The lowest BCUT2D eigenvalue weighted by Gasteiger charge is -2.42. The molecule has 0 N–H and O–H groups in total. The summed E-state index contributed by atoms with van der Waals surface area (Å²) in [6, 6.07) is 81.8.